The molecule has 0 aliphatic rings. The first-order valence-electron chi connectivity index (χ1n) is 6.94. The number of hydrogen-bond acceptors (Lipinski definition) is 3. The highest BCUT2D eigenvalue weighted by atomic mass is 127. The van der Waals surface area contributed by atoms with Crippen molar-refractivity contribution < 1.29 is 4.79 Å². The van der Waals surface area contributed by atoms with E-state index in [0.717, 1.165) is 19.3 Å². The molecule has 0 fully saturated rings. The van der Waals surface area contributed by atoms with E-state index in [2.05, 4.69) is 32.9 Å². The van der Waals surface area contributed by atoms with Gasteiger partial charge < -0.3 is 9.88 Å². The standard InChI is InChI=1S/C17H14IN3OS/c1-21-10-9-19-17(21)23-15-7-5-14(6-8-15)20-16(22)12-3-2-4-13(18)11-12/h2-11H,1H3,(H,20,22). The number of carbonyl (C=O) groups excluding carboxylic acids is 1. The Bertz CT molecular complexity index is 830. The largest absolute Gasteiger partial charge is 0.329 e. The van der Waals surface area contributed by atoms with Crippen LogP contribution in [0.2, 0.25) is 0 Å². The molecule has 0 saturated heterocycles. The molecule has 0 atom stereocenters. The second-order valence-electron chi connectivity index (χ2n) is 4.91. The second-order valence-corrected chi connectivity index (χ2v) is 7.20. The summed E-state index contributed by atoms with van der Waals surface area (Å²) in [5.41, 5.74) is 1.43. The highest BCUT2D eigenvalue weighted by molar-refractivity contribution is 14.1. The van der Waals surface area contributed by atoms with Crippen molar-refractivity contribution in [1.82, 2.24) is 9.55 Å². The number of hydrogen-bond donors (Lipinski definition) is 1. The minimum atomic E-state index is -0.104. The maximum Gasteiger partial charge on any atom is 0.255 e. The van der Waals surface area contributed by atoms with Gasteiger partial charge in [-0.15, -0.1) is 0 Å². The van der Waals surface area contributed by atoms with E-state index in [9.17, 15) is 4.79 Å². The summed E-state index contributed by atoms with van der Waals surface area (Å²) in [7, 11) is 1.96. The Morgan fingerprint density at radius 2 is 2.00 bits per heavy atom. The zero-order chi connectivity index (χ0) is 16.2. The van der Waals surface area contributed by atoms with Crippen LogP contribution in [-0.2, 0) is 7.05 Å². The van der Waals surface area contributed by atoms with E-state index in [1.165, 1.54) is 0 Å². The number of anilines is 1. The molecule has 3 rings (SSSR count). The van der Waals surface area contributed by atoms with E-state index in [-0.39, 0.29) is 5.91 Å². The topological polar surface area (TPSA) is 46.9 Å². The summed E-state index contributed by atoms with van der Waals surface area (Å²) >= 11 is 3.78. The van der Waals surface area contributed by atoms with Crippen molar-refractivity contribution in [2.45, 2.75) is 10.1 Å². The van der Waals surface area contributed by atoms with E-state index >= 15 is 0 Å². The molecule has 0 aliphatic heterocycles. The van der Waals surface area contributed by atoms with Gasteiger partial charge in [-0.3, -0.25) is 4.79 Å². The number of carbonyl (C=O) groups is 1. The van der Waals surface area contributed by atoms with Crippen molar-refractivity contribution >= 4 is 45.9 Å². The Morgan fingerprint density at radius 1 is 1.22 bits per heavy atom. The van der Waals surface area contributed by atoms with Gasteiger partial charge in [0.25, 0.3) is 5.91 Å². The van der Waals surface area contributed by atoms with Gasteiger partial charge in [-0.2, -0.15) is 0 Å². The quantitative estimate of drug-likeness (QED) is 0.617. The number of imidazole rings is 1. The first-order chi connectivity index (χ1) is 11.1. The molecule has 0 radical (unpaired) electrons. The van der Waals surface area contributed by atoms with Crippen LogP contribution >= 0.6 is 34.4 Å². The van der Waals surface area contributed by atoms with Gasteiger partial charge in [-0.25, -0.2) is 4.98 Å². The third-order valence-corrected chi connectivity index (χ3v) is 4.94. The normalized spacial score (nSPS) is 10.5. The molecule has 0 aliphatic carbocycles. The summed E-state index contributed by atoms with van der Waals surface area (Å²) < 4.78 is 3.01. The molecule has 116 valence electrons. The van der Waals surface area contributed by atoms with E-state index in [1.54, 1.807) is 18.0 Å². The van der Waals surface area contributed by atoms with Gasteiger partial charge in [0, 0.05) is 39.2 Å². The SMILES string of the molecule is Cn1ccnc1Sc1ccc(NC(=O)c2cccc(I)c2)cc1. The predicted molar refractivity (Wildman–Crippen MR) is 101 cm³/mol. The maximum absolute atomic E-state index is 12.2. The average Bonchev–Trinajstić information content (AvgIpc) is 2.94. The zero-order valence-corrected chi connectivity index (χ0v) is 15.3. The van der Waals surface area contributed by atoms with Crippen molar-refractivity contribution in [3.63, 3.8) is 0 Å². The number of rotatable bonds is 4. The Balaban J connectivity index is 1.68. The smallest absolute Gasteiger partial charge is 0.255 e. The lowest BCUT2D eigenvalue weighted by atomic mass is 10.2. The number of benzene rings is 2. The number of halogens is 1. The number of amides is 1. The first-order valence-corrected chi connectivity index (χ1v) is 8.83. The molecular formula is C17H14IN3OS. The molecule has 0 unspecified atom stereocenters. The van der Waals surface area contributed by atoms with E-state index in [0.29, 0.717) is 5.56 Å². The molecule has 1 heterocycles. The van der Waals surface area contributed by atoms with Crippen molar-refractivity contribution in [2.75, 3.05) is 5.32 Å². The lowest BCUT2D eigenvalue weighted by Crippen LogP contribution is -2.11. The summed E-state index contributed by atoms with van der Waals surface area (Å²) in [6.07, 6.45) is 3.69. The number of nitrogens with zero attached hydrogens (tertiary/aromatic N) is 2. The first kappa shape index (κ1) is 16.1. The van der Waals surface area contributed by atoms with Crippen LogP contribution < -0.4 is 5.32 Å². The van der Waals surface area contributed by atoms with Crippen molar-refractivity contribution in [3.05, 3.63) is 70.1 Å². The number of aromatic nitrogens is 2. The fourth-order valence-corrected chi connectivity index (χ4v) is 3.34. The lowest BCUT2D eigenvalue weighted by molar-refractivity contribution is 0.102. The highest BCUT2D eigenvalue weighted by Gasteiger charge is 2.07. The molecule has 2 aromatic carbocycles. The van der Waals surface area contributed by atoms with Gasteiger partial charge in [0.2, 0.25) is 0 Å². The Kier molecular flexibility index (Phi) is 5.02. The monoisotopic (exact) mass is 435 g/mol. The van der Waals surface area contributed by atoms with Gasteiger partial charge in [-0.05, 0) is 65.1 Å². The van der Waals surface area contributed by atoms with Gasteiger partial charge in [0.05, 0.1) is 0 Å². The summed E-state index contributed by atoms with van der Waals surface area (Å²) in [6.45, 7) is 0. The predicted octanol–water partition coefficient (Wildman–Crippen LogP) is 4.43. The summed E-state index contributed by atoms with van der Waals surface area (Å²) in [5, 5.41) is 3.84. The highest BCUT2D eigenvalue weighted by Crippen LogP contribution is 2.26. The maximum atomic E-state index is 12.2. The molecule has 23 heavy (non-hydrogen) atoms. The molecule has 0 spiro atoms. The van der Waals surface area contributed by atoms with Crippen molar-refractivity contribution in [3.8, 4) is 0 Å². The lowest BCUT2D eigenvalue weighted by Gasteiger charge is -2.07. The fourth-order valence-electron chi connectivity index (χ4n) is 1.99. The molecule has 1 amide bonds. The fraction of sp³-hybridized carbons (Fsp3) is 0.0588. The molecule has 0 bridgehead atoms. The zero-order valence-electron chi connectivity index (χ0n) is 12.4. The summed E-state index contributed by atoms with van der Waals surface area (Å²) in [4.78, 5) is 17.6. The third kappa shape index (κ3) is 4.14. The summed E-state index contributed by atoms with van der Waals surface area (Å²) in [5.74, 6) is -0.104. The van der Waals surface area contributed by atoms with Crippen molar-refractivity contribution in [1.29, 1.82) is 0 Å². The molecule has 3 aromatic rings. The minimum absolute atomic E-state index is 0.104. The average molecular weight is 435 g/mol. The minimum Gasteiger partial charge on any atom is -0.329 e. The molecule has 1 N–H and O–H groups in total. The Hall–Kier alpha value is -1.80. The Labute approximate surface area is 152 Å². The molecule has 1 aromatic heterocycles. The van der Waals surface area contributed by atoms with Crippen molar-refractivity contribution in [2.24, 2.45) is 7.05 Å². The van der Waals surface area contributed by atoms with Gasteiger partial charge in [0.15, 0.2) is 5.16 Å². The third-order valence-electron chi connectivity index (χ3n) is 3.19. The van der Waals surface area contributed by atoms with Crippen LogP contribution in [0.1, 0.15) is 10.4 Å². The van der Waals surface area contributed by atoms with Crippen LogP contribution in [0.15, 0.2) is 71.0 Å². The van der Waals surface area contributed by atoms with E-state index < -0.39 is 0 Å². The second kappa shape index (κ2) is 7.18. The van der Waals surface area contributed by atoms with Crippen LogP contribution in [0.5, 0.6) is 0 Å². The van der Waals surface area contributed by atoms with E-state index in [1.807, 2.05) is 66.3 Å². The van der Waals surface area contributed by atoms with Gasteiger partial charge in [0.1, 0.15) is 0 Å². The molecule has 4 nitrogen and oxygen atoms in total. The Morgan fingerprint density at radius 3 is 2.65 bits per heavy atom. The van der Waals surface area contributed by atoms with Gasteiger partial charge in [-0.1, -0.05) is 17.8 Å². The molecular weight excluding hydrogens is 421 g/mol. The molecule has 0 saturated carbocycles. The van der Waals surface area contributed by atoms with Crippen LogP contribution in [0.25, 0.3) is 0 Å². The van der Waals surface area contributed by atoms with Crippen LogP contribution in [0.3, 0.4) is 0 Å². The number of nitrogens with one attached hydrogen (secondary N) is 1. The van der Waals surface area contributed by atoms with Crippen LogP contribution in [-0.4, -0.2) is 15.5 Å². The number of aryl methyl sites for hydroxylation is 1. The molecule has 6 heteroatoms. The van der Waals surface area contributed by atoms with Crippen LogP contribution in [0.4, 0.5) is 5.69 Å². The van der Waals surface area contributed by atoms with E-state index in [4.69, 9.17) is 0 Å². The van der Waals surface area contributed by atoms with Crippen LogP contribution in [0, 0.1) is 3.57 Å². The summed E-state index contributed by atoms with van der Waals surface area (Å²) in [6, 6.07) is 15.3. The van der Waals surface area contributed by atoms with Gasteiger partial charge >= 0.3 is 0 Å².